The van der Waals surface area contributed by atoms with Crippen LogP contribution in [0.15, 0.2) is 0 Å². The molecule has 180 valence electrons. The first kappa shape index (κ1) is 32.4. The summed E-state index contributed by atoms with van der Waals surface area (Å²) in [5.74, 6) is -9.60. The summed E-state index contributed by atoms with van der Waals surface area (Å²) in [5, 5.41) is 75.8. The number of aliphatic carboxylic acids is 6. The average molecular weight is 458 g/mol. The maximum Gasteiger partial charge on any atom is 0.336 e. The first-order valence-corrected chi connectivity index (χ1v) is 8.22. The van der Waals surface area contributed by atoms with Crippen molar-refractivity contribution in [2.45, 2.75) is 50.7 Å². The second-order valence-electron chi connectivity index (χ2n) is 6.53. The van der Waals surface area contributed by atoms with E-state index < -0.39 is 72.7 Å². The van der Waals surface area contributed by atoms with Crippen LogP contribution in [-0.2, 0) is 28.8 Å². The van der Waals surface area contributed by atoms with Gasteiger partial charge in [-0.25, -0.2) is 9.59 Å². The number of carboxylic acid groups (broad SMARTS) is 6. The van der Waals surface area contributed by atoms with Crippen molar-refractivity contribution in [2.75, 3.05) is 6.61 Å². The van der Waals surface area contributed by atoms with Crippen LogP contribution in [0.25, 0.3) is 0 Å². The van der Waals surface area contributed by atoms with Crippen LogP contribution in [0.5, 0.6) is 0 Å². The van der Waals surface area contributed by atoms with Gasteiger partial charge in [-0.2, -0.15) is 0 Å². The summed E-state index contributed by atoms with van der Waals surface area (Å²) in [6.45, 7) is 4.25. The maximum absolute atomic E-state index is 10.3. The quantitative estimate of drug-likeness (QED) is 0.164. The van der Waals surface area contributed by atoms with Gasteiger partial charge >= 0.3 is 35.8 Å². The van der Waals surface area contributed by atoms with Crippen LogP contribution in [0, 0.1) is 5.92 Å². The van der Waals surface area contributed by atoms with Gasteiger partial charge in [-0.3, -0.25) is 19.2 Å². The number of rotatable bonds is 11. The molecule has 31 heavy (non-hydrogen) atoms. The summed E-state index contributed by atoms with van der Waals surface area (Å²) in [6.07, 6.45) is -4.58. The van der Waals surface area contributed by atoms with Crippen LogP contribution in [0.1, 0.15) is 39.5 Å². The zero-order valence-corrected chi connectivity index (χ0v) is 16.6. The minimum absolute atomic E-state index is 0.306. The molecule has 15 nitrogen and oxygen atoms in total. The van der Waals surface area contributed by atoms with Crippen LogP contribution < -0.4 is 0 Å². The van der Waals surface area contributed by atoms with E-state index in [0.717, 1.165) is 0 Å². The van der Waals surface area contributed by atoms with Gasteiger partial charge in [0, 0.05) is 6.61 Å². The second kappa shape index (κ2) is 14.6. The molecule has 0 unspecified atom stereocenters. The Morgan fingerprint density at radius 2 is 0.742 bits per heavy atom. The molecule has 0 aliphatic carbocycles. The summed E-state index contributed by atoms with van der Waals surface area (Å²) in [5.41, 5.74) is -5.48. The summed E-state index contributed by atoms with van der Waals surface area (Å²) < 4.78 is 0. The molecule has 0 heterocycles. The SMILES string of the molecule is CC(C)CO.O=C(O)CC(O)(CC(=O)O)C(=O)O.O=C(O)CC(O)(CC(=O)O)C(=O)O. The number of hydrogen-bond donors (Lipinski definition) is 9. The number of hydrogen-bond acceptors (Lipinski definition) is 9. The molecule has 0 aromatic carbocycles. The van der Waals surface area contributed by atoms with Crippen molar-refractivity contribution in [3.05, 3.63) is 0 Å². The molecule has 0 saturated heterocycles. The Kier molecular flexibility index (Phi) is 15.3. The molecule has 0 fully saturated rings. The predicted molar refractivity (Wildman–Crippen MR) is 96.1 cm³/mol. The molecule has 9 N–H and O–H groups in total. The third kappa shape index (κ3) is 17.3. The Labute approximate surface area is 174 Å². The highest BCUT2D eigenvalue weighted by molar-refractivity contribution is 5.88. The van der Waals surface area contributed by atoms with Crippen molar-refractivity contribution < 1.29 is 74.7 Å². The molecular formula is C16H26O15. The summed E-state index contributed by atoms with van der Waals surface area (Å²) >= 11 is 0. The largest absolute Gasteiger partial charge is 0.481 e. The van der Waals surface area contributed by atoms with Gasteiger partial charge in [-0.1, -0.05) is 13.8 Å². The minimum Gasteiger partial charge on any atom is -0.481 e. The maximum atomic E-state index is 10.3. The standard InChI is InChI=1S/2C6H8O7.C4H10O/c2*7-3(8)1-6(13,5(11)12)2-4(9)10;1-4(2)3-5/h2*13H,1-2H2,(H,7,8)(H,9,10)(H,11,12);4-5H,3H2,1-2H3. The van der Waals surface area contributed by atoms with Gasteiger partial charge in [0.15, 0.2) is 11.2 Å². The first-order chi connectivity index (χ1) is 13.8. The number of aliphatic hydroxyl groups excluding tert-OH is 1. The van der Waals surface area contributed by atoms with E-state index in [-0.39, 0.29) is 0 Å². The van der Waals surface area contributed by atoms with Crippen LogP contribution >= 0.6 is 0 Å². The lowest BCUT2D eigenvalue weighted by atomic mass is 9.96. The molecule has 0 aromatic rings. The lowest BCUT2D eigenvalue weighted by molar-refractivity contribution is -0.170. The Hall–Kier alpha value is -3.30. The molecule has 0 aromatic heterocycles. The molecule has 0 aliphatic heterocycles. The number of carbonyl (C=O) groups is 6. The Balaban J connectivity index is -0.000000416. The molecule has 15 heteroatoms. The molecule has 0 saturated carbocycles. The third-order valence-corrected chi connectivity index (χ3v) is 2.94. The summed E-state index contributed by atoms with van der Waals surface area (Å²) in [4.78, 5) is 61.0. The highest BCUT2D eigenvalue weighted by Crippen LogP contribution is 2.16. The lowest BCUT2D eigenvalue weighted by Crippen LogP contribution is -2.42. The lowest BCUT2D eigenvalue weighted by Gasteiger charge is -2.18. The topological polar surface area (TPSA) is 284 Å². The summed E-state index contributed by atoms with van der Waals surface area (Å²) in [7, 11) is 0. The van der Waals surface area contributed by atoms with Gasteiger partial charge in [0.1, 0.15) is 0 Å². The molecule has 0 amide bonds. The second-order valence-corrected chi connectivity index (χ2v) is 6.53. The van der Waals surface area contributed by atoms with E-state index in [1.165, 1.54) is 0 Å². The van der Waals surface area contributed by atoms with Crippen LogP contribution in [-0.4, -0.2) is 99.6 Å². The molecule has 0 atom stereocenters. The number of aliphatic hydroxyl groups is 3. The zero-order valence-electron chi connectivity index (χ0n) is 16.6. The van der Waals surface area contributed by atoms with Crippen molar-refractivity contribution in [2.24, 2.45) is 5.92 Å². The highest BCUT2D eigenvalue weighted by atomic mass is 16.4. The van der Waals surface area contributed by atoms with E-state index in [0.29, 0.717) is 12.5 Å². The molecule has 0 spiro atoms. The van der Waals surface area contributed by atoms with E-state index >= 15 is 0 Å². The smallest absolute Gasteiger partial charge is 0.336 e. The van der Waals surface area contributed by atoms with Crippen molar-refractivity contribution in [3.8, 4) is 0 Å². The van der Waals surface area contributed by atoms with Gasteiger partial charge in [-0.15, -0.1) is 0 Å². The Morgan fingerprint density at radius 3 is 0.806 bits per heavy atom. The minimum atomic E-state index is -2.74. The molecule has 0 bridgehead atoms. The zero-order chi connectivity index (χ0) is 25.6. The Bertz CT molecular complexity index is 567. The normalized spacial score (nSPS) is 10.6. The van der Waals surface area contributed by atoms with Gasteiger partial charge in [0.25, 0.3) is 0 Å². The molecule has 0 rings (SSSR count). The third-order valence-electron chi connectivity index (χ3n) is 2.94. The predicted octanol–water partition coefficient (Wildman–Crippen LogP) is -1.86. The molecule has 0 radical (unpaired) electrons. The van der Waals surface area contributed by atoms with Gasteiger partial charge < -0.3 is 46.0 Å². The number of carboxylic acids is 6. The Morgan fingerprint density at radius 1 is 0.581 bits per heavy atom. The van der Waals surface area contributed by atoms with E-state index in [9.17, 15) is 28.8 Å². The van der Waals surface area contributed by atoms with Crippen LogP contribution in [0.4, 0.5) is 0 Å². The van der Waals surface area contributed by atoms with Gasteiger partial charge in [-0.05, 0) is 5.92 Å². The van der Waals surface area contributed by atoms with Crippen molar-refractivity contribution in [1.82, 2.24) is 0 Å². The molecule has 0 aliphatic rings. The van der Waals surface area contributed by atoms with Crippen LogP contribution in [0.2, 0.25) is 0 Å². The van der Waals surface area contributed by atoms with Crippen molar-refractivity contribution in [1.29, 1.82) is 0 Å². The fourth-order valence-corrected chi connectivity index (χ4v) is 1.43. The average Bonchev–Trinajstić information content (AvgIpc) is 2.52. The van der Waals surface area contributed by atoms with Crippen molar-refractivity contribution >= 4 is 35.8 Å². The van der Waals surface area contributed by atoms with Gasteiger partial charge in [0.2, 0.25) is 0 Å². The van der Waals surface area contributed by atoms with E-state index in [1.807, 2.05) is 13.8 Å². The van der Waals surface area contributed by atoms with Crippen LogP contribution in [0.3, 0.4) is 0 Å². The molecular weight excluding hydrogens is 432 g/mol. The summed E-state index contributed by atoms with van der Waals surface area (Å²) in [6, 6.07) is 0. The monoisotopic (exact) mass is 458 g/mol. The van der Waals surface area contributed by atoms with E-state index in [1.54, 1.807) is 0 Å². The van der Waals surface area contributed by atoms with E-state index in [2.05, 4.69) is 0 Å². The fourth-order valence-electron chi connectivity index (χ4n) is 1.43. The fraction of sp³-hybridized carbons (Fsp3) is 0.625. The van der Waals surface area contributed by atoms with Gasteiger partial charge in [0.05, 0.1) is 25.7 Å². The van der Waals surface area contributed by atoms with Crippen molar-refractivity contribution in [3.63, 3.8) is 0 Å². The highest BCUT2D eigenvalue weighted by Gasteiger charge is 2.41. The van der Waals surface area contributed by atoms with E-state index in [4.69, 9.17) is 46.0 Å². The first-order valence-electron chi connectivity index (χ1n) is 8.22.